The second kappa shape index (κ2) is 6.10. The number of rotatable bonds is 1. The molecule has 0 saturated carbocycles. The van der Waals surface area contributed by atoms with E-state index in [2.05, 4.69) is 55.5 Å². The summed E-state index contributed by atoms with van der Waals surface area (Å²) in [6.45, 7) is 2.37. The Morgan fingerprint density at radius 2 is 1.77 bits per heavy atom. The predicted molar refractivity (Wildman–Crippen MR) is 111 cm³/mol. The molecule has 0 bridgehead atoms. The molecule has 2 heteroatoms. The molecule has 1 atom stereocenters. The normalized spacial score (nSPS) is 16.8. The van der Waals surface area contributed by atoms with Crippen LogP contribution >= 0.6 is 11.6 Å². The Morgan fingerprint density at radius 1 is 0.962 bits per heavy atom. The molecule has 0 radical (unpaired) electrons. The molecule has 3 aromatic carbocycles. The number of hydrogen-bond acceptors (Lipinski definition) is 1. The highest BCUT2D eigenvalue weighted by Gasteiger charge is 2.24. The van der Waals surface area contributed by atoms with E-state index in [4.69, 9.17) is 16.6 Å². The zero-order chi connectivity index (χ0) is 17.7. The first kappa shape index (κ1) is 15.8. The lowest BCUT2D eigenvalue weighted by atomic mass is 9.79. The number of nitrogens with zero attached hydrogens (tertiary/aromatic N) is 1. The molecular weight excluding hydrogens is 338 g/mol. The molecule has 0 unspecified atom stereocenters. The zero-order valence-corrected chi connectivity index (χ0v) is 15.6. The summed E-state index contributed by atoms with van der Waals surface area (Å²) in [6, 6.07) is 21.2. The minimum atomic E-state index is 0.557. The van der Waals surface area contributed by atoms with E-state index in [0.29, 0.717) is 5.92 Å². The Morgan fingerprint density at radius 3 is 2.62 bits per heavy atom. The molecule has 0 aliphatic heterocycles. The summed E-state index contributed by atoms with van der Waals surface area (Å²) in [6.07, 6.45) is 3.58. The fourth-order valence-electron chi connectivity index (χ4n) is 4.48. The fourth-order valence-corrected chi connectivity index (χ4v) is 4.60. The maximum Gasteiger partial charge on any atom is 0.0744 e. The van der Waals surface area contributed by atoms with Gasteiger partial charge in [0.25, 0.3) is 0 Å². The summed E-state index contributed by atoms with van der Waals surface area (Å²) in [7, 11) is 0. The lowest BCUT2D eigenvalue weighted by Gasteiger charge is -2.27. The highest BCUT2D eigenvalue weighted by Crippen LogP contribution is 2.42. The third-order valence-electron chi connectivity index (χ3n) is 5.69. The van der Waals surface area contributed by atoms with E-state index in [1.165, 1.54) is 40.1 Å². The van der Waals surface area contributed by atoms with Crippen LogP contribution < -0.4 is 0 Å². The number of benzene rings is 3. The lowest BCUT2D eigenvalue weighted by molar-refractivity contribution is 0.594. The van der Waals surface area contributed by atoms with Crippen molar-refractivity contribution in [2.45, 2.75) is 32.1 Å². The predicted octanol–water partition coefficient (Wildman–Crippen LogP) is 7.15. The molecule has 1 aliphatic rings. The zero-order valence-electron chi connectivity index (χ0n) is 14.8. The number of fused-ring (bicyclic) bond motifs is 5. The molecule has 1 aromatic heterocycles. The highest BCUT2D eigenvalue weighted by molar-refractivity contribution is 6.30. The van der Waals surface area contributed by atoms with Crippen molar-refractivity contribution in [3.63, 3.8) is 0 Å². The van der Waals surface area contributed by atoms with Gasteiger partial charge in [0.1, 0.15) is 0 Å². The van der Waals surface area contributed by atoms with Gasteiger partial charge in [-0.2, -0.15) is 0 Å². The van der Waals surface area contributed by atoms with Crippen LogP contribution in [0.15, 0.2) is 60.7 Å². The van der Waals surface area contributed by atoms with Crippen molar-refractivity contribution in [2.75, 3.05) is 0 Å². The average Bonchev–Trinajstić information content (AvgIpc) is 2.68. The standard InChI is InChI=1S/C24H20ClN/c1-15-5-4-8-20-22(15)23-19-7-3-2-6-16(19)11-14-21(23)26-24(20)17-9-12-18(25)13-10-17/h2-3,6-7,9-15H,4-5,8H2,1H3/t15-/m0/s1. The Hall–Kier alpha value is -2.38. The summed E-state index contributed by atoms with van der Waals surface area (Å²) >= 11 is 6.11. The Balaban J connectivity index is 1.91. The van der Waals surface area contributed by atoms with Gasteiger partial charge in [0.2, 0.25) is 0 Å². The first-order chi connectivity index (χ1) is 12.7. The van der Waals surface area contributed by atoms with Crippen molar-refractivity contribution in [2.24, 2.45) is 0 Å². The van der Waals surface area contributed by atoms with Crippen molar-refractivity contribution in [1.29, 1.82) is 0 Å². The first-order valence-electron chi connectivity index (χ1n) is 9.32. The second-order valence-electron chi connectivity index (χ2n) is 7.33. The Labute approximate surface area is 158 Å². The summed E-state index contributed by atoms with van der Waals surface area (Å²) in [5, 5.41) is 4.73. The molecule has 1 nitrogen and oxygen atoms in total. The van der Waals surface area contributed by atoms with Crippen LogP contribution in [0.4, 0.5) is 0 Å². The second-order valence-corrected chi connectivity index (χ2v) is 7.77. The third kappa shape index (κ3) is 2.42. The van der Waals surface area contributed by atoms with E-state index >= 15 is 0 Å². The SMILES string of the molecule is C[C@H]1CCCc2c(-c3ccc(Cl)cc3)nc3ccc4ccccc4c3c21. The number of pyridine rings is 1. The number of aromatic nitrogens is 1. The van der Waals surface area contributed by atoms with E-state index in [1.54, 1.807) is 0 Å². The molecular formula is C24H20ClN. The van der Waals surface area contributed by atoms with Crippen LogP contribution in [0.5, 0.6) is 0 Å². The summed E-state index contributed by atoms with van der Waals surface area (Å²) in [4.78, 5) is 5.13. The molecule has 1 heterocycles. The van der Waals surface area contributed by atoms with E-state index in [1.807, 2.05) is 12.1 Å². The van der Waals surface area contributed by atoms with Crippen molar-refractivity contribution < 1.29 is 0 Å². The fraction of sp³-hybridized carbons (Fsp3) is 0.208. The van der Waals surface area contributed by atoms with Gasteiger partial charge < -0.3 is 0 Å². The highest BCUT2D eigenvalue weighted by atomic mass is 35.5. The van der Waals surface area contributed by atoms with E-state index in [0.717, 1.165) is 28.2 Å². The summed E-state index contributed by atoms with van der Waals surface area (Å²) in [5.74, 6) is 0.557. The number of halogens is 1. The van der Waals surface area contributed by atoms with Gasteiger partial charge in [-0.25, -0.2) is 4.98 Å². The minimum absolute atomic E-state index is 0.557. The van der Waals surface area contributed by atoms with Gasteiger partial charge in [-0.1, -0.05) is 61.0 Å². The molecule has 0 fully saturated rings. The van der Waals surface area contributed by atoms with Gasteiger partial charge in [-0.3, -0.25) is 0 Å². The van der Waals surface area contributed by atoms with Crippen molar-refractivity contribution in [1.82, 2.24) is 4.98 Å². The quantitative estimate of drug-likeness (QED) is 0.329. The largest absolute Gasteiger partial charge is 0.247 e. The number of hydrogen-bond donors (Lipinski definition) is 0. The van der Waals surface area contributed by atoms with Crippen LogP contribution in [0.3, 0.4) is 0 Å². The molecule has 4 aromatic rings. The van der Waals surface area contributed by atoms with Crippen LogP contribution in [-0.4, -0.2) is 4.98 Å². The summed E-state index contributed by atoms with van der Waals surface area (Å²) < 4.78 is 0. The monoisotopic (exact) mass is 357 g/mol. The van der Waals surface area contributed by atoms with Crippen LogP contribution in [0, 0.1) is 0 Å². The van der Waals surface area contributed by atoms with Gasteiger partial charge in [0.05, 0.1) is 11.2 Å². The van der Waals surface area contributed by atoms with Gasteiger partial charge in [0, 0.05) is 16.0 Å². The van der Waals surface area contributed by atoms with E-state index in [-0.39, 0.29) is 0 Å². The smallest absolute Gasteiger partial charge is 0.0744 e. The Bertz CT molecular complexity index is 1130. The Kier molecular flexibility index (Phi) is 3.72. The third-order valence-corrected chi connectivity index (χ3v) is 5.95. The van der Waals surface area contributed by atoms with Crippen molar-refractivity contribution in [3.8, 4) is 11.3 Å². The van der Waals surface area contributed by atoms with Crippen LogP contribution in [0.2, 0.25) is 5.02 Å². The van der Waals surface area contributed by atoms with Crippen molar-refractivity contribution >= 4 is 33.3 Å². The van der Waals surface area contributed by atoms with Gasteiger partial charge in [0.15, 0.2) is 0 Å². The van der Waals surface area contributed by atoms with Crippen molar-refractivity contribution in [3.05, 3.63) is 76.8 Å². The lowest BCUT2D eigenvalue weighted by Crippen LogP contribution is -2.11. The molecule has 1 aliphatic carbocycles. The van der Waals surface area contributed by atoms with Gasteiger partial charge in [-0.05, 0) is 65.3 Å². The van der Waals surface area contributed by atoms with E-state index < -0.39 is 0 Å². The summed E-state index contributed by atoms with van der Waals surface area (Å²) in [5.41, 5.74) is 6.32. The molecule has 0 saturated heterocycles. The topological polar surface area (TPSA) is 12.9 Å². The van der Waals surface area contributed by atoms with Gasteiger partial charge >= 0.3 is 0 Å². The van der Waals surface area contributed by atoms with E-state index in [9.17, 15) is 0 Å². The molecule has 0 N–H and O–H groups in total. The van der Waals surface area contributed by atoms with Crippen LogP contribution in [0.25, 0.3) is 32.9 Å². The molecule has 26 heavy (non-hydrogen) atoms. The van der Waals surface area contributed by atoms with Crippen LogP contribution in [-0.2, 0) is 6.42 Å². The first-order valence-corrected chi connectivity index (χ1v) is 9.70. The van der Waals surface area contributed by atoms with Gasteiger partial charge in [-0.15, -0.1) is 0 Å². The maximum atomic E-state index is 6.11. The maximum absolute atomic E-state index is 6.11. The molecule has 5 rings (SSSR count). The average molecular weight is 358 g/mol. The molecule has 0 spiro atoms. The minimum Gasteiger partial charge on any atom is -0.247 e. The molecule has 0 amide bonds. The van der Waals surface area contributed by atoms with Crippen LogP contribution in [0.1, 0.15) is 36.8 Å². The molecule has 128 valence electrons.